The van der Waals surface area contributed by atoms with E-state index in [1.165, 1.54) is 18.2 Å². The molecule has 1 aromatic rings. The lowest BCUT2D eigenvalue weighted by Crippen LogP contribution is -2.42. The fourth-order valence-corrected chi connectivity index (χ4v) is 1.94. The molecule has 0 bridgehead atoms. The van der Waals surface area contributed by atoms with Gasteiger partial charge in [-0.15, -0.1) is 0 Å². The summed E-state index contributed by atoms with van der Waals surface area (Å²) in [6, 6.07) is 4.06. The smallest absolute Gasteiger partial charge is 0.255 e. The minimum Gasteiger partial charge on any atom is -0.508 e. The largest absolute Gasteiger partial charge is 0.508 e. The van der Waals surface area contributed by atoms with Crippen LogP contribution in [0.3, 0.4) is 0 Å². The number of amides is 1. The van der Waals surface area contributed by atoms with Crippen molar-refractivity contribution in [1.29, 1.82) is 0 Å². The summed E-state index contributed by atoms with van der Waals surface area (Å²) in [5, 5.41) is 24.9. The average molecular weight is 236 g/mol. The van der Waals surface area contributed by atoms with E-state index in [9.17, 15) is 15.0 Å². The molecule has 0 aliphatic carbocycles. The van der Waals surface area contributed by atoms with Crippen LogP contribution < -0.4 is 10.6 Å². The summed E-state index contributed by atoms with van der Waals surface area (Å²) in [5.41, 5.74) is 0.114. The van der Waals surface area contributed by atoms with Crippen LogP contribution in [0.1, 0.15) is 23.2 Å². The van der Waals surface area contributed by atoms with Gasteiger partial charge in [-0.2, -0.15) is 0 Å². The Morgan fingerprint density at radius 2 is 2.00 bits per heavy atom. The fourth-order valence-electron chi connectivity index (χ4n) is 1.94. The predicted octanol–water partition coefficient (Wildman–Crippen LogP) is 0.580. The van der Waals surface area contributed by atoms with Crippen molar-refractivity contribution in [1.82, 2.24) is 10.6 Å². The molecule has 17 heavy (non-hydrogen) atoms. The second-order valence-electron chi connectivity index (χ2n) is 4.20. The highest BCUT2D eigenvalue weighted by molar-refractivity contribution is 5.97. The van der Waals surface area contributed by atoms with Gasteiger partial charge in [-0.1, -0.05) is 0 Å². The molecule has 2 rings (SSSR count). The van der Waals surface area contributed by atoms with Crippen LogP contribution in [0, 0.1) is 0 Å². The van der Waals surface area contributed by atoms with Crippen molar-refractivity contribution in [3.63, 3.8) is 0 Å². The number of hydrogen-bond donors (Lipinski definition) is 4. The van der Waals surface area contributed by atoms with E-state index in [1.54, 1.807) is 0 Å². The molecular weight excluding hydrogens is 220 g/mol. The van der Waals surface area contributed by atoms with Crippen LogP contribution in [-0.4, -0.2) is 35.3 Å². The van der Waals surface area contributed by atoms with Crippen molar-refractivity contribution >= 4 is 5.91 Å². The number of benzene rings is 1. The molecule has 1 fully saturated rings. The molecule has 5 nitrogen and oxygen atoms in total. The van der Waals surface area contributed by atoms with Gasteiger partial charge in [-0.3, -0.25) is 4.79 Å². The van der Waals surface area contributed by atoms with Crippen molar-refractivity contribution < 1.29 is 15.0 Å². The molecule has 0 aromatic heterocycles. The zero-order valence-electron chi connectivity index (χ0n) is 9.44. The number of nitrogens with one attached hydrogen (secondary N) is 2. The van der Waals surface area contributed by atoms with E-state index in [4.69, 9.17) is 0 Å². The first-order valence-electron chi connectivity index (χ1n) is 5.70. The molecule has 1 aliphatic heterocycles. The van der Waals surface area contributed by atoms with Crippen LogP contribution in [-0.2, 0) is 0 Å². The minimum atomic E-state index is -0.342. The topological polar surface area (TPSA) is 81.6 Å². The number of piperidine rings is 1. The van der Waals surface area contributed by atoms with Crippen LogP contribution in [0.2, 0.25) is 0 Å². The first-order valence-corrected chi connectivity index (χ1v) is 5.70. The highest BCUT2D eigenvalue weighted by atomic mass is 16.3. The lowest BCUT2D eigenvalue weighted by Gasteiger charge is -2.23. The van der Waals surface area contributed by atoms with Crippen LogP contribution >= 0.6 is 0 Å². The third-order valence-corrected chi connectivity index (χ3v) is 2.90. The Labute approximate surface area is 99.5 Å². The van der Waals surface area contributed by atoms with E-state index in [2.05, 4.69) is 10.6 Å². The Kier molecular flexibility index (Phi) is 3.49. The van der Waals surface area contributed by atoms with Crippen LogP contribution in [0.5, 0.6) is 11.5 Å². The molecule has 92 valence electrons. The summed E-state index contributed by atoms with van der Waals surface area (Å²) in [7, 11) is 0. The van der Waals surface area contributed by atoms with E-state index in [-0.39, 0.29) is 29.0 Å². The van der Waals surface area contributed by atoms with Crippen molar-refractivity contribution in [3.8, 4) is 11.5 Å². The average Bonchev–Trinajstić information content (AvgIpc) is 2.33. The van der Waals surface area contributed by atoms with Crippen molar-refractivity contribution in [2.24, 2.45) is 0 Å². The lowest BCUT2D eigenvalue weighted by molar-refractivity contribution is 0.0926. The highest BCUT2D eigenvalue weighted by Crippen LogP contribution is 2.22. The molecule has 1 aromatic carbocycles. The second kappa shape index (κ2) is 5.05. The minimum absolute atomic E-state index is 0.0294. The first kappa shape index (κ1) is 11.7. The third kappa shape index (κ3) is 2.88. The molecular formula is C12H16N2O3. The van der Waals surface area contributed by atoms with Crippen LogP contribution in [0.15, 0.2) is 18.2 Å². The molecule has 0 unspecified atom stereocenters. The van der Waals surface area contributed by atoms with Crippen LogP contribution in [0.4, 0.5) is 0 Å². The highest BCUT2D eigenvalue weighted by Gasteiger charge is 2.18. The number of phenols is 2. The van der Waals surface area contributed by atoms with Gasteiger partial charge in [0.15, 0.2) is 0 Å². The number of hydrogen-bond acceptors (Lipinski definition) is 4. The molecule has 1 aliphatic rings. The third-order valence-electron chi connectivity index (χ3n) is 2.90. The zero-order valence-corrected chi connectivity index (χ0v) is 9.44. The van der Waals surface area contributed by atoms with E-state index < -0.39 is 0 Å². The van der Waals surface area contributed by atoms with E-state index in [0.29, 0.717) is 0 Å². The lowest BCUT2D eigenvalue weighted by atomic mass is 10.1. The summed E-state index contributed by atoms with van der Waals surface area (Å²) < 4.78 is 0. The number of phenolic OH excluding ortho intramolecular Hbond substituents is 2. The van der Waals surface area contributed by atoms with Gasteiger partial charge in [0.1, 0.15) is 11.5 Å². The van der Waals surface area contributed by atoms with Gasteiger partial charge < -0.3 is 20.8 Å². The molecule has 0 radical (unpaired) electrons. The quantitative estimate of drug-likeness (QED) is 0.566. The van der Waals surface area contributed by atoms with Gasteiger partial charge in [0.2, 0.25) is 0 Å². The standard InChI is InChI=1S/C12H16N2O3/c15-9-1-2-11(16)10(7-9)12(17)14-8-3-5-13-6-4-8/h1-2,7-8,13,15-16H,3-6H2,(H,14,17). The summed E-state index contributed by atoms with van der Waals surface area (Å²) in [4.78, 5) is 11.9. The van der Waals surface area contributed by atoms with E-state index in [1.807, 2.05) is 0 Å². The Morgan fingerprint density at radius 1 is 1.29 bits per heavy atom. The van der Waals surface area contributed by atoms with E-state index in [0.717, 1.165) is 25.9 Å². The van der Waals surface area contributed by atoms with Crippen molar-refractivity contribution in [3.05, 3.63) is 23.8 Å². The van der Waals surface area contributed by atoms with Crippen molar-refractivity contribution in [2.75, 3.05) is 13.1 Å². The Morgan fingerprint density at radius 3 is 2.71 bits per heavy atom. The SMILES string of the molecule is O=C(NC1CCNCC1)c1cc(O)ccc1O. The van der Waals surface area contributed by atoms with Crippen LogP contribution in [0.25, 0.3) is 0 Å². The number of aromatic hydroxyl groups is 2. The molecule has 0 saturated carbocycles. The summed E-state index contributed by atoms with van der Waals surface area (Å²) in [5.74, 6) is -0.488. The molecule has 1 amide bonds. The van der Waals surface area contributed by atoms with E-state index >= 15 is 0 Å². The predicted molar refractivity (Wildman–Crippen MR) is 63.1 cm³/mol. The maximum atomic E-state index is 11.9. The van der Waals surface area contributed by atoms with Gasteiger partial charge in [0.05, 0.1) is 5.56 Å². The molecule has 1 saturated heterocycles. The Bertz CT molecular complexity index is 414. The first-order chi connectivity index (χ1) is 8.16. The molecule has 1 heterocycles. The normalized spacial score (nSPS) is 16.7. The Balaban J connectivity index is 2.05. The number of carbonyl (C=O) groups is 1. The maximum absolute atomic E-state index is 11.9. The molecule has 4 N–H and O–H groups in total. The zero-order chi connectivity index (χ0) is 12.3. The molecule has 5 heteroatoms. The monoisotopic (exact) mass is 236 g/mol. The van der Waals surface area contributed by atoms with Crippen molar-refractivity contribution in [2.45, 2.75) is 18.9 Å². The van der Waals surface area contributed by atoms with Gasteiger partial charge in [0.25, 0.3) is 5.91 Å². The molecule has 0 atom stereocenters. The van der Waals surface area contributed by atoms with Gasteiger partial charge in [-0.25, -0.2) is 0 Å². The van der Waals surface area contributed by atoms with Gasteiger partial charge in [-0.05, 0) is 44.1 Å². The van der Waals surface area contributed by atoms with Gasteiger partial charge >= 0.3 is 0 Å². The summed E-state index contributed by atoms with van der Waals surface area (Å²) in [6.45, 7) is 1.77. The summed E-state index contributed by atoms with van der Waals surface area (Å²) >= 11 is 0. The maximum Gasteiger partial charge on any atom is 0.255 e. The fraction of sp³-hybridized carbons (Fsp3) is 0.417. The summed E-state index contributed by atoms with van der Waals surface area (Å²) in [6.07, 6.45) is 1.76. The molecule has 0 spiro atoms. The van der Waals surface area contributed by atoms with Gasteiger partial charge in [0, 0.05) is 6.04 Å². The number of carbonyl (C=O) groups excluding carboxylic acids is 1. The number of rotatable bonds is 2. The Hall–Kier alpha value is -1.75. The second-order valence-corrected chi connectivity index (χ2v) is 4.20.